The van der Waals surface area contributed by atoms with Crippen LogP contribution in [0.4, 0.5) is 5.88 Å². The van der Waals surface area contributed by atoms with E-state index < -0.39 is 16.8 Å². The molecule has 0 fully saturated rings. The smallest absolute Gasteiger partial charge is 0.403 e. The summed E-state index contributed by atoms with van der Waals surface area (Å²) in [5.41, 5.74) is 5.23. The Bertz CT molecular complexity index is 338. The standard InChI is InChI=1S/C6H5N3O3/c7-3-4(8)5-1-2-6(12-5)9(10)11/h1-2,4H,8H2. The number of nitrogens with zero attached hydrogens (tertiary/aromatic N) is 2. The zero-order valence-electron chi connectivity index (χ0n) is 5.93. The van der Waals surface area contributed by atoms with E-state index in [0.717, 1.165) is 6.07 Å². The molecule has 1 rings (SSSR count). The molecule has 1 atom stereocenters. The number of rotatable bonds is 2. The molecule has 0 aliphatic carbocycles. The van der Waals surface area contributed by atoms with E-state index in [2.05, 4.69) is 4.42 Å². The fourth-order valence-corrected chi connectivity index (χ4v) is 0.671. The highest BCUT2D eigenvalue weighted by molar-refractivity contribution is 5.22. The number of nitriles is 1. The lowest BCUT2D eigenvalue weighted by Gasteiger charge is -1.93. The summed E-state index contributed by atoms with van der Waals surface area (Å²) in [5.74, 6) is -0.306. The molecule has 0 spiro atoms. The van der Waals surface area contributed by atoms with Gasteiger partial charge < -0.3 is 10.2 Å². The molecule has 1 aromatic rings. The molecule has 0 aliphatic heterocycles. The highest BCUT2D eigenvalue weighted by Crippen LogP contribution is 2.19. The van der Waals surface area contributed by atoms with E-state index in [4.69, 9.17) is 11.0 Å². The summed E-state index contributed by atoms with van der Waals surface area (Å²) in [7, 11) is 0. The van der Waals surface area contributed by atoms with Crippen LogP contribution in [0, 0.1) is 21.4 Å². The van der Waals surface area contributed by atoms with Crippen LogP contribution in [0.5, 0.6) is 0 Å². The number of nitro groups is 1. The first kappa shape index (κ1) is 8.23. The maximum atomic E-state index is 10.1. The van der Waals surface area contributed by atoms with Crippen LogP contribution in [0.15, 0.2) is 16.5 Å². The van der Waals surface area contributed by atoms with Gasteiger partial charge in [-0.15, -0.1) is 0 Å². The third-order valence-corrected chi connectivity index (χ3v) is 1.24. The molecule has 0 bridgehead atoms. The van der Waals surface area contributed by atoms with Crippen molar-refractivity contribution in [3.8, 4) is 6.07 Å². The van der Waals surface area contributed by atoms with Crippen LogP contribution in [-0.4, -0.2) is 4.92 Å². The van der Waals surface area contributed by atoms with Crippen molar-refractivity contribution in [1.82, 2.24) is 0 Å². The largest absolute Gasteiger partial charge is 0.433 e. The Morgan fingerprint density at radius 1 is 1.75 bits per heavy atom. The van der Waals surface area contributed by atoms with Gasteiger partial charge in [0.1, 0.15) is 10.7 Å². The van der Waals surface area contributed by atoms with Gasteiger partial charge in [-0.3, -0.25) is 10.1 Å². The second-order valence-electron chi connectivity index (χ2n) is 2.04. The van der Waals surface area contributed by atoms with Crippen molar-refractivity contribution in [2.75, 3.05) is 0 Å². The zero-order valence-corrected chi connectivity index (χ0v) is 5.93. The molecule has 1 unspecified atom stereocenters. The van der Waals surface area contributed by atoms with E-state index in [1.165, 1.54) is 6.07 Å². The molecule has 0 aliphatic rings. The van der Waals surface area contributed by atoms with Crippen LogP contribution in [0.2, 0.25) is 0 Å². The fourth-order valence-electron chi connectivity index (χ4n) is 0.671. The van der Waals surface area contributed by atoms with Gasteiger partial charge in [0, 0.05) is 0 Å². The van der Waals surface area contributed by atoms with Gasteiger partial charge in [0.15, 0.2) is 6.04 Å². The van der Waals surface area contributed by atoms with Crippen molar-refractivity contribution >= 4 is 5.88 Å². The zero-order chi connectivity index (χ0) is 9.14. The van der Waals surface area contributed by atoms with Crippen LogP contribution in [0.1, 0.15) is 11.8 Å². The second kappa shape index (κ2) is 3.02. The average molecular weight is 167 g/mol. The topological polar surface area (TPSA) is 106 Å². The predicted octanol–water partition coefficient (Wildman–Crippen LogP) is 0.711. The van der Waals surface area contributed by atoms with E-state index in [1.54, 1.807) is 6.07 Å². The predicted molar refractivity (Wildman–Crippen MR) is 37.9 cm³/mol. The third-order valence-electron chi connectivity index (χ3n) is 1.24. The molecule has 0 radical (unpaired) electrons. The Hall–Kier alpha value is -1.87. The normalized spacial score (nSPS) is 12.0. The van der Waals surface area contributed by atoms with Crippen LogP contribution in [-0.2, 0) is 0 Å². The van der Waals surface area contributed by atoms with Crippen molar-refractivity contribution in [1.29, 1.82) is 5.26 Å². The Morgan fingerprint density at radius 3 is 2.83 bits per heavy atom. The van der Waals surface area contributed by atoms with Crippen molar-refractivity contribution in [2.45, 2.75) is 6.04 Å². The minimum atomic E-state index is -0.946. The van der Waals surface area contributed by atoms with E-state index in [1.807, 2.05) is 0 Å². The molecule has 6 heteroatoms. The maximum Gasteiger partial charge on any atom is 0.433 e. The molecule has 62 valence electrons. The molecule has 0 saturated carbocycles. The van der Waals surface area contributed by atoms with Gasteiger partial charge in [-0.25, -0.2) is 0 Å². The molecule has 0 saturated heterocycles. The van der Waals surface area contributed by atoms with Gasteiger partial charge in [0.25, 0.3) is 0 Å². The van der Waals surface area contributed by atoms with Crippen molar-refractivity contribution in [2.24, 2.45) is 5.73 Å². The molecule has 6 nitrogen and oxygen atoms in total. The summed E-state index contributed by atoms with van der Waals surface area (Å²) in [5, 5.41) is 18.4. The van der Waals surface area contributed by atoms with Crippen LogP contribution in [0.25, 0.3) is 0 Å². The highest BCUT2D eigenvalue weighted by Gasteiger charge is 2.15. The molecule has 0 amide bonds. The number of nitrogens with two attached hydrogens (primary N) is 1. The van der Waals surface area contributed by atoms with E-state index >= 15 is 0 Å². The first-order valence-electron chi connectivity index (χ1n) is 3.04. The summed E-state index contributed by atoms with van der Waals surface area (Å²) in [4.78, 5) is 9.43. The lowest BCUT2D eigenvalue weighted by atomic mass is 10.3. The van der Waals surface area contributed by atoms with Crippen molar-refractivity contribution < 1.29 is 9.34 Å². The van der Waals surface area contributed by atoms with Gasteiger partial charge in [0.2, 0.25) is 0 Å². The van der Waals surface area contributed by atoms with Gasteiger partial charge in [-0.1, -0.05) is 0 Å². The SMILES string of the molecule is N#CC(N)c1ccc([N+](=O)[O-])o1. The average Bonchev–Trinajstić information content (AvgIpc) is 2.51. The van der Waals surface area contributed by atoms with Crippen molar-refractivity contribution in [3.63, 3.8) is 0 Å². The molecule has 2 N–H and O–H groups in total. The monoisotopic (exact) mass is 167 g/mol. The van der Waals surface area contributed by atoms with Crippen LogP contribution < -0.4 is 5.73 Å². The fraction of sp³-hybridized carbons (Fsp3) is 0.167. The minimum absolute atomic E-state index is 0.101. The van der Waals surface area contributed by atoms with Gasteiger partial charge in [-0.2, -0.15) is 5.26 Å². The second-order valence-corrected chi connectivity index (χ2v) is 2.04. The first-order valence-corrected chi connectivity index (χ1v) is 3.04. The summed E-state index contributed by atoms with van der Waals surface area (Å²) in [6, 6.07) is 3.22. The van der Waals surface area contributed by atoms with Gasteiger partial charge in [-0.05, 0) is 6.07 Å². The van der Waals surface area contributed by atoms with E-state index in [0.29, 0.717) is 0 Å². The lowest BCUT2D eigenvalue weighted by molar-refractivity contribution is -0.402. The third kappa shape index (κ3) is 1.41. The maximum absolute atomic E-state index is 10.1. The summed E-state index contributed by atoms with van der Waals surface area (Å²) in [6.07, 6.45) is 0. The molecular weight excluding hydrogens is 162 g/mol. The highest BCUT2D eigenvalue weighted by atomic mass is 16.6. The lowest BCUT2D eigenvalue weighted by Crippen LogP contribution is -2.05. The molecule has 12 heavy (non-hydrogen) atoms. The van der Waals surface area contributed by atoms with Crippen LogP contribution in [0.3, 0.4) is 0 Å². The van der Waals surface area contributed by atoms with Gasteiger partial charge >= 0.3 is 5.88 Å². The van der Waals surface area contributed by atoms with E-state index in [-0.39, 0.29) is 5.76 Å². The number of hydrogen-bond donors (Lipinski definition) is 1. The Kier molecular flexibility index (Phi) is 2.07. The summed E-state index contributed by atoms with van der Waals surface area (Å²) in [6.45, 7) is 0. The summed E-state index contributed by atoms with van der Waals surface area (Å²) < 4.78 is 4.65. The molecule has 1 heterocycles. The first-order chi connectivity index (χ1) is 5.65. The van der Waals surface area contributed by atoms with E-state index in [9.17, 15) is 10.1 Å². The molecule has 0 aromatic carbocycles. The number of furan rings is 1. The van der Waals surface area contributed by atoms with Gasteiger partial charge in [0.05, 0.1) is 12.1 Å². The quantitative estimate of drug-likeness (QED) is 0.515. The Labute approximate surface area is 67.3 Å². The summed E-state index contributed by atoms with van der Waals surface area (Å²) >= 11 is 0. The van der Waals surface area contributed by atoms with Crippen LogP contribution >= 0.6 is 0 Å². The number of hydrogen-bond acceptors (Lipinski definition) is 5. The Balaban J connectivity index is 2.93. The van der Waals surface area contributed by atoms with Crippen molar-refractivity contribution in [3.05, 3.63) is 28.0 Å². The molecule has 1 aromatic heterocycles. The molecular formula is C6H5N3O3. The minimum Gasteiger partial charge on any atom is -0.403 e. The Morgan fingerprint density at radius 2 is 2.42 bits per heavy atom.